The molecule has 0 aliphatic heterocycles. The maximum absolute atomic E-state index is 12.4. The Morgan fingerprint density at radius 3 is 3.08 bits per heavy atom. The molecule has 1 rings (SSSR count). The molecular weight excluding hydrogens is 177 g/mol. The van der Waals surface area contributed by atoms with Gasteiger partial charge < -0.3 is 10.4 Å². The van der Waals surface area contributed by atoms with Gasteiger partial charge in [0.25, 0.3) is 0 Å². The van der Waals surface area contributed by atoms with E-state index < -0.39 is 11.9 Å². The van der Waals surface area contributed by atoms with Gasteiger partial charge in [0.05, 0.1) is 18.9 Å². The van der Waals surface area contributed by atoms with E-state index in [1.54, 1.807) is 6.92 Å². The first kappa shape index (κ1) is 9.50. The van der Waals surface area contributed by atoms with Gasteiger partial charge in [-0.1, -0.05) is 0 Å². The summed E-state index contributed by atoms with van der Waals surface area (Å²) in [6.07, 6.45) is 1.19. The van der Waals surface area contributed by atoms with Crippen LogP contribution in [0.15, 0.2) is 12.4 Å². The summed E-state index contributed by atoms with van der Waals surface area (Å²) in [5.74, 6) is -0.428. The average Bonchev–Trinajstić information content (AvgIpc) is 2.33. The fourth-order valence-corrected chi connectivity index (χ4v) is 0.975. The van der Waals surface area contributed by atoms with Crippen molar-refractivity contribution in [2.75, 3.05) is 0 Å². The van der Waals surface area contributed by atoms with Crippen molar-refractivity contribution in [3.05, 3.63) is 18.2 Å². The number of halogens is 1. The third-order valence-electron chi connectivity index (χ3n) is 1.43. The Balaban J connectivity index is 2.44. The maximum atomic E-state index is 12.4. The SMILES string of the molecule is CC(Cn1cc(F)cn1)NC(=O)O. The Morgan fingerprint density at radius 2 is 2.62 bits per heavy atom. The quantitative estimate of drug-likeness (QED) is 0.731. The minimum absolute atomic E-state index is 0.295. The molecular formula is C7H10FN3O2. The first-order valence-electron chi connectivity index (χ1n) is 3.75. The first-order valence-corrected chi connectivity index (χ1v) is 3.75. The molecule has 1 aromatic heterocycles. The molecule has 0 saturated carbocycles. The van der Waals surface area contributed by atoms with E-state index in [9.17, 15) is 9.18 Å². The Hall–Kier alpha value is -1.59. The van der Waals surface area contributed by atoms with Crippen LogP contribution in [0.4, 0.5) is 9.18 Å². The number of nitrogens with zero attached hydrogens (tertiary/aromatic N) is 2. The van der Waals surface area contributed by atoms with Gasteiger partial charge in [0.2, 0.25) is 0 Å². The molecule has 0 fully saturated rings. The van der Waals surface area contributed by atoms with Crippen LogP contribution in [0, 0.1) is 5.82 Å². The van der Waals surface area contributed by atoms with E-state index in [1.165, 1.54) is 10.9 Å². The van der Waals surface area contributed by atoms with E-state index in [2.05, 4.69) is 10.4 Å². The zero-order chi connectivity index (χ0) is 9.84. The van der Waals surface area contributed by atoms with E-state index in [4.69, 9.17) is 5.11 Å². The smallest absolute Gasteiger partial charge is 0.404 e. The third kappa shape index (κ3) is 3.10. The van der Waals surface area contributed by atoms with Gasteiger partial charge in [-0.25, -0.2) is 9.18 Å². The summed E-state index contributed by atoms with van der Waals surface area (Å²) < 4.78 is 13.8. The zero-order valence-electron chi connectivity index (χ0n) is 7.07. The highest BCUT2D eigenvalue weighted by molar-refractivity contribution is 5.64. The molecule has 1 amide bonds. The minimum Gasteiger partial charge on any atom is -0.465 e. The van der Waals surface area contributed by atoms with E-state index in [0.29, 0.717) is 6.54 Å². The molecule has 0 aliphatic carbocycles. The predicted octanol–water partition coefficient (Wildman–Crippen LogP) is 0.678. The maximum Gasteiger partial charge on any atom is 0.404 e. The largest absolute Gasteiger partial charge is 0.465 e. The van der Waals surface area contributed by atoms with Crippen LogP contribution in [-0.2, 0) is 6.54 Å². The summed E-state index contributed by atoms with van der Waals surface area (Å²) in [4.78, 5) is 10.2. The fraction of sp³-hybridized carbons (Fsp3) is 0.429. The van der Waals surface area contributed by atoms with Crippen molar-refractivity contribution in [3.8, 4) is 0 Å². The average molecular weight is 187 g/mol. The highest BCUT2D eigenvalue weighted by atomic mass is 19.1. The Morgan fingerprint density at radius 1 is 1.92 bits per heavy atom. The van der Waals surface area contributed by atoms with Crippen molar-refractivity contribution >= 4 is 6.09 Å². The minimum atomic E-state index is -1.10. The fourth-order valence-electron chi connectivity index (χ4n) is 0.975. The lowest BCUT2D eigenvalue weighted by Crippen LogP contribution is -2.34. The van der Waals surface area contributed by atoms with Crippen molar-refractivity contribution in [2.45, 2.75) is 19.5 Å². The number of hydrogen-bond donors (Lipinski definition) is 2. The number of carbonyl (C=O) groups is 1. The monoisotopic (exact) mass is 187 g/mol. The summed E-state index contributed by atoms with van der Waals surface area (Å²) in [7, 11) is 0. The second kappa shape index (κ2) is 3.88. The third-order valence-corrected chi connectivity index (χ3v) is 1.43. The lowest BCUT2D eigenvalue weighted by atomic mass is 10.3. The number of carboxylic acid groups (broad SMARTS) is 1. The summed E-state index contributed by atoms with van der Waals surface area (Å²) >= 11 is 0. The Labute approximate surface area is 74.2 Å². The molecule has 5 nitrogen and oxygen atoms in total. The van der Waals surface area contributed by atoms with Gasteiger partial charge in [0.1, 0.15) is 0 Å². The second-order valence-corrected chi connectivity index (χ2v) is 2.73. The molecule has 6 heteroatoms. The topological polar surface area (TPSA) is 67.2 Å². The van der Waals surface area contributed by atoms with Gasteiger partial charge in [-0.15, -0.1) is 0 Å². The van der Waals surface area contributed by atoms with Gasteiger partial charge in [-0.3, -0.25) is 4.68 Å². The number of aromatic nitrogens is 2. The van der Waals surface area contributed by atoms with E-state index in [1.807, 2.05) is 0 Å². The Kier molecular flexibility index (Phi) is 2.84. The molecule has 0 radical (unpaired) electrons. The molecule has 72 valence electrons. The van der Waals surface area contributed by atoms with Crippen molar-refractivity contribution in [2.24, 2.45) is 0 Å². The van der Waals surface area contributed by atoms with Gasteiger partial charge in [0, 0.05) is 6.04 Å². The van der Waals surface area contributed by atoms with Gasteiger partial charge >= 0.3 is 6.09 Å². The highest BCUT2D eigenvalue weighted by Crippen LogP contribution is 1.95. The van der Waals surface area contributed by atoms with Crippen LogP contribution >= 0.6 is 0 Å². The zero-order valence-corrected chi connectivity index (χ0v) is 7.07. The lowest BCUT2D eigenvalue weighted by Gasteiger charge is -2.10. The molecule has 0 spiro atoms. The number of hydrogen-bond acceptors (Lipinski definition) is 2. The van der Waals surface area contributed by atoms with E-state index >= 15 is 0 Å². The van der Waals surface area contributed by atoms with Crippen LogP contribution in [0.3, 0.4) is 0 Å². The lowest BCUT2D eigenvalue weighted by molar-refractivity contribution is 0.189. The molecule has 13 heavy (non-hydrogen) atoms. The standard InChI is InChI=1S/C7H10FN3O2/c1-5(10-7(12)13)3-11-4-6(8)2-9-11/h2,4-5,10H,3H2,1H3,(H,12,13). The molecule has 1 unspecified atom stereocenters. The van der Waals surface area contributed by atoms with Crippen LogP contribution in [0.2, 0.25) is 0 Å². The van der Waals surface area contributed by atoms with Crippen LogP contribution in [0.1, 0.15) is 6.92 Å². The van der Waals surface area contributed by atoms with Crippen molar-refractivity contribution in [1.29, 1.82) is 0 Å². The summed E-state index contributed by atoms with van der Waals surface area (Å²) in [5.41, 5.74) is 0. The highest BCUT2D eigenvalue weighted by Gasteiger charge is 2.06. The molecule has 0 saturated heterocycles. The van der Waals surface area contributed by atoms with Gasteiger partial charge in [0.15, 0.2) is 5.82 Å². The van der Waals surface area contributed by atoms with Gasteiger partial charge in [-0.05, 0) is 6.92 Å². The van der Waals surface area contributed by atoms with E-state index in [0.717, 1.165) is 6.20 Å². The molecule has 1 heterocycles. The normalized spacial score (nSPS) is 12.5. The molecule has 2 N–H and O–H groups in total. The number of nitrogens with one attached hydrogen (secondary N) is 1. The number of amides is 1. The molecule has 0 aromatic carbocycles. The van der Waals surface area contributed by atoms with Crippen molar-refractivity contribution in [3.63, 3.8) is 0 Å². The summed E-state index contributed by atoms with van der Waals surface area (Å²) in [6, 6.07) is -0.295. The van der Waals surface area contributed by atoms with E-state index in [-0.39, 0.29) is 6.04 Å². The van der Waals surface area contributed by atoms with Crippen molar-refractivity contribution in [1.82, 2.24) is 15.1 Å². The van der Waals surface area contributed by atoms with Crippen LogP contribution < -0.4 is 5.32 Å². The van der Waals surface area contributed by atoms with Crippen LogP contribution in [0.5, 0.6) is 0 Å². The number of rotatable bonds is 3. The first-order chi connectivity index (χ1) is 6.08. The second-order valence-electron chi connectivity index (χ2n) is 2.73. The predicted molar refractivity (Wildman–Crippen MR) is 42.8 cm³/mol. The van der Waals surface area contributed by atoms with Crippen LogP contribution in [0.25, 0.3) is 0 Å². The summed E-state index contributed by atoms with van der Waals surface area (Å²) in [5, 5.41) is 14.3. The molecule has 1 aromatic rings. The molecule has 1 atom stereocenters. The van der Waals surface area contributed by atoms with Crippen LogP contribution in [-0.4, -0.2) is 27.0 Å². The summed E-state index contributed by atoms with van der Waals surface area (Å²) in [6.45, 7) is 1.99. The Bertz CT molecular complexity index is 300. The molecule has 0 aliphatic rings. The molecule has 0 bridgehead atoms. The van der Waals surface area contributed by atoms with Crippen molar-refractivity contribution < 1.29 is 14.3 Å². The van der Waals surface area contributed by atoms with Gasteiger partial charge in [-0.2, -0.15) is 5.10 Å².